The van der Waals surface area contributed by atoms with E-state index in [9.17, 15) is 4.39 Å². The van der Waals surface area contributed by atoms with Crippen molar-refractivity contribution >= 4 is 23.4 Å². The third-order valence-corrected chi connectivity index (χ3v) is 4.59. The van der Waals surface area contributed by atoms with E-state index >= 15 is 0 Å². The van der Waals surface area contributed by atoms with Crippen LogP contribution in [0.25, 0.3) is 0 Å². The fraction of sp³-hybridized carbons (Fsp3) is 0.294. The molecule has 2 rings (SSSR count). The first-order valence-electron chi connectivity index (χ1n) is 7.04. The normalized spacial score (nSPS) is 12.3. The minimum absolute atomic E-state index is 0.152. The van der Waals surface area contributed by atoms with Gasteiger partial charge in [-0.15, -0.1) is 11.8 Å². The number of hydrogen-bond acceptors (Lipinski definition) is 2. The van der Waals surface area contributed by atoms with Crippen LogP contribution < -0.4 is 5.32 Å². The fourth-order valence-electron chi connectivity index (χ4n) is 2.18. The van der Waals surface area contributed by atoms with E-state index in [-0.39, 0.29) is 11.9 Å². The highest BCUT2D eigenvalue weighted by Gasteiger charge is 2.11. The number of thioether (sulfide) groups is 1. The van der Waals surface area contributed by atoms with Crippen molar-refractivity contribution in [1.82, 2.24) is 5.32 Å². The molecule has 0 aliphatic heterocycles. The highest BCUT2D eigenvalue weighted by atomic mass is 35.5. The van der Waals surface area contributed by atoms with Crippen LogP contribution in [0, 0.1) is 5.82 Å². The van der Waals surface area contributed by atoms with E-state index in [0.717, 1.165) is 23.7 Å². The molecule has 1 N–H and O–H groups in total. The minimum atomic E-state index is -0.152. The topological polar surface area (TPSA) is 12.0 Å². The Balaban J connectivity index is 1.97. The standard InChI is InChI=1S/C17H19ClFNS/c1-2-20-15(11-13-6-5-7-14(18)10-13)12-21-17-9-4-3-8-16(17)19/h3-10,15,20H,2,11-12H2,1H3. The number of halogens is 2. The van der Waals surface area contributed by atoms with Gasteiger partial charge in [0.05, 0.1) is 0 Å². The zero-order valence-corrected chi connectivity index (χ0v) is 13.6. The van der Waals surface area contributed by atoms with E-state index < -0.39 is 0 Å². The Morgan fingerprint density at radius 3 is 2.71 bits per heavy atom. The predicted octanol–water partition coefficient (Wildman–Crippen LogP) is 4.79. The smallest absolute Gasteiger partial charge is 0.136 e. The van der Waals surface area contributed by atoms with Crippen molar-refractivity contribution in [1.29, 1.82) is 0 Å². The molecule has 1 atom stereocenters. The number of rotatable bonds is 7. The highest BCUT2D eigenvalue weighted by Crippen LogP contribution is 2.23. The van der Waals surface area contributed by atoms with E-state index in [1.807, 2.05) is 30.3 Å². The van der Waals surface area contributed by atoms with Crippen LogP contribution in [0.4, 0.5) is 4.39 Å². The lowest BCUT2D eigenvalue weighted by atomic mass is 10.1. The number of likely N-dealkylation sites (N-methyl/N-ethyl adjacent to an activating group) is 1. The van der Waals surface area contributed by atoms with E-state index in [4.69, 9.17) is 11.6 Å². The summed E-state index contributed by atoms with van der Waals surface area (Å²) in [6, 6.07) is 15.1. The average molecular weight is 324 g/mol. The van der Waals surface area contributed by atoms with Gasteiger partial charge in [-0.3, -0.25) is 0 Å². The van der Waals surface area contributed by atoms with Crippen molar-refractivity contribution in [3.05, 3.63) is 64.9 Å². The first-order chi connectivity index (χ1) is 10.2. The van der Waals surface area contributed by atoms with Crippen molar-refractivity contribution in [2.45, 2.75) is 24.3 Å². The third kappa shape index (κ3) is 5.34. The first kappa shape index (κ1) is 16.3. The molecule has 0 bridgehead atoms. The molecule has 0 heterocycles. The van der Waals surface area contributed by atoms with Gasteiger partial charge in [-0.05, 0) is 42.8 Å². The fourth-order valence-corrected chi connectivity index (χ4v) is 3.39. The maximum absolute atomic E-state index is 13.6. The van der Waals surface area contributed by atoms with Gasteiger partial charge in [-0.1, -0.05) is 42.8 Å². The van der Waals surface area contributed by atoms with Gasteiger partial charge in [-0.2, -0.15) is 0 Å². The first-order valence-corrected chi connectivity index (χ1v) is 8.40. The molecule has 1 nitrogen and oxygen atoms in total. The molecule has 0 amide bonds. The van der Waals surface area contributed by atoms with Crippen LogP contribution in [0.3, 0.4) is 0 Å². The molecule has 0 radical (unpaired) electrons. The van der Waals surface area contributed by atoms with E-state index in [1.165, 1.54) is 11.6 Å². The molecule has 0 aliphatic rings. The second-order valence-electron chi connectivity index (χ2n) is 4.83. The molecule has 1 unspecified atom stereocenters. The van der Waals surface area contributed by atoms with Crippen LogP contribution in [0.1, 0.15) is 12.5 Å². The van der Waals surface area contributed by atoms with Crippen LogP contribution >= 0.6 is 23.4 Å². The van der Waals surface area contributed by atoms with Gasteiger partial charge in [0.1, 0.15) is 5.82 Å². The van der Waals surface area contributed by atoms with Gasteiger partial charge in [0, 0.05) is 21.7 Å². The summed E-state index contributed by atoms with van der Waals surface area (Å²) in [5.41, 5.74) is 1.20. The van der Waals surface area contributed by atoms with Crippen LogP contribution in [-0.4, -0.2) is 18.3 Å². The summed E-state index contributed by atoms with van der Waals surface area (Å²) >= 11 is 7.57. The number of benzene rings is 2. The molecule has 0 aliphatic carbocycles. The molecule has 4 heteroatoms. The average Bonchev–Trinajstić information content (AvgIpc) is 2.46. The lowest BCUT2D eigenvalue weighted by Crippen LogP contribution is -2.33. The van der Waals surface area contributed by atoms with Crippen molar-refractivity contribution in [3.63, 3.8) is 0 Å². The molecule has 0 saturated carbocycles. The highest BCUT2D eigenvalue weighted by molar-refractivity contribution is 7.99. The summed E-state index contributed by atoms with van der Waals surface area (Å²) in [4.78, 5) is 0.700. The van der Waals surface area contributed by atoms with Gasteiger partial charge in [0.2, 0.25) is 0 Å². The molecule has 2 aromatic carbocycles. The van der Waals surface area contributed by atoms with Gasteiger partial charge in [0.15, 0.2) is 0 Å². The van der Waals surface area contributed by atoms with Crippen LogP contribution in [0.2, 0.25) is 5.02 Å². The van der Waals surface area contributed by atoms with Gasteiger partial charge in [-0.25, -0.2) is 4.39 Å². The maximum atomic E-state index is 13.6. The molecule has 2 aromatic rings. The van der Waals surface area contributed by atoms with Crippen molar-refractivity contribution in [3.8, 4) is 0 Å². The largest absolute Gasteiger partial charge is 0.313 e. The Hall–Kier alpha value is -1.03. The lowest BCUT2D eigenvalue weighted by Gasteiger charge is -2.18. The zero-order chi connectivity index (χ0) is 15.1. The second-order valence-corrected chi connectivity index (χ2v) is 6.33. The SMILES string of the molecule is CCNC(CSc1ccccc1F)Cc1cccc(Cl)c1. The molecule has 21 heavy (non-hydrogen) atoms. The Kier molecular flexibility index (Phi) is 6.55. The number of nitrogens with one attached hydrogen (secondary N) is 1. The quantitative estimate of drug-likeness (QED) is 0.735. The zero-order valence-electron chi connectivity index (χ0n) is 12.0. The van der Waals surface area contributed by atoms with E-state index in [0.29, 0.717) is 4.90 Å². The lowest BCUT2D eigenvalue weighted by molar-refractivity contribution is 0.571. The molecule has 0 saturated heterocycles. The summed E-state index contributed by atoms with van der Waals surface area (Å²) in [5.74, 6) is 0.668. The Morgan fingerprint density at radius 1 is 1.19 bits per heavy atom. The Bertz CT molecular complexity index is 576. The summed E-state index contributed by atoms with van der Waals surface area (Å²) in [5, 5.41) is 4.21. The summed E-state index contributed by atoms with van der Waals surface area (Å²) in [7, 11) is 0. The van der Waals surface area contributed by atoms with Crippen LogP contribution in [0.15, 0.2) is 53.4 Å². The Morgan fingerprint density at radius 2 is 2.00 bits per heavy atom. The summed E-state index contributed by atoms with van der Waals surface area (Å²) in [6.45, 7) is 2.97. The van der Waals surface area contributed by atoms with Gasteiger partial charge in [0.25, 0.3) is 0 Å². The molecule has 0 fully saturated rings. The van der Waals surface area contributed by atoms with Crippen LogP contribution in [0.5, 0.6) is 0 Å². The van der Waals surface area contributed by atoms with E-state index in [1.54, 1.807) is 17.8 Å². The third-order valence-electron chi connectivity index (χ3n) is 3.14. The summed E-state index contributed by atoms with van der Waals surface area (Å²) in [6.07, 6.45) is 0.885. The molecular formula is C17H19ClFNS. The molecule has 0 spiro atoms. The van der Waals surface area contributed by atoms with E-state index in [2.05, 4.69) is 18.3 Å². The second kappa shape index (κ2) is 8.42. The molecule has 112 valence electrons. The number of hydrogen-bond donors (Lipinski definition) is 1. The van der Waals surface area contributed by atoms with Crippen molar-refractivity contribution < 1.29 is 4.39 Å². The summed E-state index contributed by atoms with van der Waals surface area (Å²) < 4.78 is 13.6. The van der Waals surface area contributed by atoms with Crippen LogP contribution in [-0.2, 0) is 6.42 Å². The van der Waals surface area contributed by atoms with Crippen molar-refractivity contribution in [2.75, 3.05) is 12.3 Å². The van der Waals surface area contributed by atoms with Gasteiger partial charge >= 0.3 is 0 Å². The minimum Gasteiger partial charge on any atom is -0.313 e. The molecular weight excluding hydrogens is 305 g/mol. The monoisotopic (exact) mass is 323 g/mol. The Labute approximate surface area is 134 Å². The van der Waals surface area contributed by atoms with Gasteiger partial charge < -0.3 is 5.32 Å². The maximum Gasteiger partial charge on any atom is 0.136 e. The predicted molar refractivity (Wildman–Crippen MR) is 89.7 cm³/mol. The van der Waals surface area contributed by atoms with Crippen molar-refractivity contribution in [2.24, 2.45) is 0 Å². The molecule has 0 aromatic heterocycles.